The van der Waals surface area contributed by atoms with Gasteiger partial charge in [-0.15, -0.1) is 0 Å². The molecule has 0 radical (unpaired) electrons. The lowest BCUT2D eigenvalue weighted by atomic mass is 9.82. The van der Waals surface area contributed by atoms with Gasteiger partial charge in [0, 0.05) is 31.3 Å². The van der Waals surface area contributed by atoms with Crippen molar-refractivity contribution in [1.82, 2.24) is 4.90 Å². The van der Waals surface area contributed by atoms with Crippen molar-refractivity contribution in [3.63, 3.8) is 0 Å². The quantitative estimate of drug-likeness (QED) is 0.307. The summed E-state index contributed by atoms with van der Waals surface area (Å²) in [6, 6.07) is 17.8. The number of ether oxygens (including phenoxy) is 3. The summed E-state index contributed by atoms with van der Waals surface area (Å²) in [5.41, 5.74) is 6.99. The van der Waals surface area contributed by atoms with Crippen LogP contribution in [0.2, 0.25) is 0 Å². The minimum atomic E-state index is -0.873. The van der Waals surface area contributed by atoms with Crippen molar-refractivity contribution >= 4 is 11.8 Å². The van der Waals surface area contributed by atoms with Gasteiger partial charge < -0.3 is 19.3 Å². The highest BCUT2D eigenvalue weighted by Crippen LogP contribution is 2.48. The molecule has 1 fully saturated rings. The van der Waals surface area contributed by atoms with Gasteiger partial charge in [-0.1, -0.05) is 50.2 Å². The van der Waals surface area contributed by atoms with Gasteiger partial charge in [0.05, 0.1) is 19.1 Å². The fourth-order valence-electron chi connectivity index (χ4n) is 7.08. The lowest BCUT2D eigenvalue weighted by Crippen LogP contribution is -2.32. The number of carbonyl (C=O) groups excluding carboxylic acids is 1. The van der Waals surface area contributed by atoms with Gasteiger partial charge in [-0.2, -0.15) is 0 Å². The van der Waals surface area contributed by atoms with Crippen LogP contribution in [0.1, 0.15) is 72.0 Å². The van der Waals surface area contributed by atoms with Gasteiger partial charge in [-0.25, -0.2) is 0 Å². The second kappa shape index (κ2) is 12.2. The molecule has 3 aliphatic rings. The number of fused-ring (bicyclic) bond motifs is 2. The molecule has 0 aromatic heterocycles. The zero-order valence-electron chi connectivity index (χ0n) is 24.4. The number of carboxylic acids is 1. The molecule has 0 amide bonds. The molecule has 6 rings (SSSR count). The molecule has 1 saturated heterocycles. The Morgan fingerprint density at radius 3 is 2.40 bits per heavy atom. The minimum absolute atomic E-state index is 0.139. The Balaban J connectivity index is 1.25. The number of likely N-dealkylation sites (tertiary alicyclic amines) is 1. The number of rotatable bonds is 11. The predicted molar refractivity (Wildman–Crippen MR) is 160 cm³/mol. The fourth-order valence-corrected chi connectivity index (χ4v) is 7.08. The second-order valence-corrected chi connectivity index (χ2v) is 11.6. The number of benzene rings is 3. The molecule has 42 heavy (non-hydrogen) atoms. The first-order valence-corrected chi connectivity index (χ1v) is 15.2. The Morgan fingerprint density at radius 1 is 0.905 bits per heavy atom. The average molecular weight is 570 g/mol. The maximum absolute atomic E-state index is 13.5. The van der Waals surface area contributed by atoms with E-state index < -0.39 is 17.9 Å². The summed E-state index contributed by atoms with van der Waals surface area (Å²) in [7, 11) is 0. The molecule has 3 aromatic rings. The molecule has 3 aliphatic heterocycles. The molecule has 0 spiro atoms. The molecule has 0 aliphatic carbocycles. The van der Waals surface area contributed by atoms with Crippen molar-refractivity contribution in [1.29, 1.82) is 0 Å². The first-order valence-electron chi connectivity index (χ1n) is 15.2. The van der Waals surface area contributed by atoms with Crippen LogP contribution in [-0.4, -0.2) is 48.2 Å². The zero-order valence-corrected chi connectivity index (χ0v) is 24.4. The van der Waals surface area contributed by atoms with Crippen molar-refractivity contribution in [2.45, 2.75) is 64.3 Å². The summed E-state index contributed by atoms with van der Waals surface area (Å²) in [6.45, 7) is 5.82. The zero-order chi connectivity index (χ0) is 29.2. The van der Waals surface area contributed by atoms with Crippen LogP contribution in [0.15, 0.2) is 54.6 Å². The van der Waals surface area contributed by atoms with Gasteiger partial charge in [-0.3, -0.25) is 14.5 Å². The maximum atomic E-state index is 13.5. The van der Waals surface area contributed by atoms with Crippen LogP contribution in [0.5, 0.6) is 17.2 Å². The van der Waals surface area contributed by atoms with Gasteiger partial charge in [0.25, 0.3) is 0 Å². The molecular formula is C35H39NO6. The second-order valence-electron chi connectivity index (χ2n) is 11.6. The Hall–Kier alpha value is -3.84. The highest BCUT2D eigenvalue weighted by Gasteiger charge is 2.48. The molecule has 0 unspecified atom stereocenters. The molecule has 3 heterocycles. The van der Waals surface area contributed by atoms with Crippen LogP contribution in [-0.2, 0) is 35.3 Å². The van der Waals surface area contributed by atoms with Gasteiger partial charge >= 0.3 is 5.97 Å². The van der Waals surface area contributed by atoms with Crippen molar-refractivity contribution in [2.75, 3.05) is 26.5 Å². The van der Waals surface area contributed by atoms with E-state index in [-0.39, 0.29) is 25.0 Å². The molecule has 0 bridgehead atoms. The Morgan fingerprint density at radius 2 is 1.64 bits per heavy atom. The van der Waals surface area contributed by atoms with E-state index in [4.69, 9.17) is 14.2 Å². The van der Waals surface area contributed by atoms with Crippen molar-refractivity contribution in [3.05, 3.63) is 88.0 Å². The van der Waals surface area contributed by atoms with E-state index in [1.54, 1.807) is 0 Å². The molecule has 7 nitrogen and oxygen atoms in total. The van der Waals surface area contributed by atoms with Crippen molar-refractivity contribution in [3.8, 4) is 17.2 Å². The topological polar surface area (TPSA) is 85.3 Å². The first kappa shape index (κ1) is 28.3. The summed E-state index contributed by atoms with van der Waals surface area (Å²) in [5.74, 6) is 0.331. The number of hydrogen-bond donors (Lipinski definition) is 1. The summed E-state index contributed by atoms with van der Waals surface area (Å²) in [6.07, 6.45) is 4.93. The molecule has 3 atom stereocenters. The maximum Gasteiger partial charge on any atom is 0.309 e. The number of nitrogens with zero attached hydrogens (tertiary/aromatic N) is 1. The van der Waals surface area contributed by atoms with Gasteiger partial charge in [0.15, 0.2) is 11.5 Å². The molecule has 0 saturated carbocycles. The minimum Gasteiger partial charge on any atom is -0.493 e. The molecule has 1 N–H and O–H groups in total. The van der Waals surface area contributed by atoms with Crippen LogP contribution in [0.25, 0.3) is 0 Å². The summed E-state index contributed by atoms with van der Waals surface area (Å²) >= 11 is 0. The molecule has 220 valence electrons. The third kappa shape index (κ3) is 5.50. The number of Topliss-reactive ketones (excluding diaryl/α,β-unsaturated/α-hetero) is 1. The fraction of sp³-hybridized carbons (Fsp3) is 0.429. The Labute approximate surface area is 247 Å². The predicted octanol–water partition coefficient (Wildman–Crippen LogP) is 5.91. The normalized spacial score (nSPS) is 20.9. The van der Waals surface area contributed by atoms with Crippen LogP contribution in [0.3, 0.4) is 0 Å². The highest BCUT2D eigenvalue weighted by molar-refractivity contribution is 5.81. The lowest BCUT2D eigenvalue weighted by molar-refractivity contribution is -0.143. The number of ketones is 1. The highest BCUT2D eigenvalue weighted by atomic mass is 16.7. The number of carbonyl (C=O) groups is 2. The van der Waals surface area contributed by atoms with Crippen LogP contribution >= 0.6 is 0 Å². The molecule has 7 heteroatoms. The number of carboxylic acid groups (broad SMARTS) is 1. The molecule has 3 aromatic carbocycles. The Bertz CT molecular complexity index is 1460. The standard InChI is InChI=1S/C35H39NO6/c1-3-22-7-5-8-23(4-2)28(22)10-6-9-27(37)19-36-20-29(25-13-14-30-32(17-25)42-21-41-30)33(35(38)39)34(36)26-12-11-24-15-16-40-31(24)18-26/h5,7-8,11-14,17-18,29,33-34H,3-4,6,9-10,15-16,19-21H2,1-2H3,(H,38,39)/t29-,33-,34+/m1/s1. The largest absolute Gasteiger partial charge is 0.493 e. The summed E-state index contributed by atoms with van der Waals surface area (Å²) < 4.78 is 16.9. The van der Waals surface area contributed by atoms with Crippen molar-refractivity contribution < 1.29 is 28.9 Å². The van der Waals surface area contributed by atoms with Crippen molar-refractivity contribution in [2.24, 2.45) is 5.92 Å². The van der Waals surface area contributed by atoms with E-state index in [1.807, 2.05) is 36.4 Å². The third-order valence-electron chi connectivity index (χ3n) is 9.16. The van der Waals surface area contributed by atoms with E-state index in [2.05, 4.69) is 36.9 Å². The smallest absolute Gasteiger partial charge is 0.309 e. The lowest BCUT2D eigenvalue weighted by Gasteiger charge is -2.27. The Kier molecular flexibility index (Phi) is 8.20. The van der Waals surface area contributed by atoms with E-state index in [9.17, 15) is 14.7 Å². The van der Waals surface area contributed by atoms with E-state index >= 15 is 0 Å². The van der Waals surface area contributed by atoms with Crippen LogP contribution in [0, 0.1) is 5.92 Å². The average Bonchev–Trinajstić information content (AvgIpc) is 3.74. The number of aryl methyl sites for hydroxylation is 2. The van der Waals surface area contributed by atoms with Gasteiger partial charge in [-0.05, 0) is 77.3 Å². The van der Waals surface area contributed by atoms with Gasteiger partial charge in [0.2, 0.25) is 6.79 Å². The van der Waals surface area contributed by atoms with E-state index in [0.717, 1.165) is 54.5 Å². The van der Waals surface area contributed by atoms with E-state index in [1.165, 1.54) is 16.7 Å². The van der Waals surface area contributed by atoms with Crippen LogP contribution < -0.4 is 14.2 Å². The monoisotopic (exact) mass is 569 g/mol. The number of hydrogen-bond acceptors (Lipinski definition) is 6. The van der Waals surface area contributed by atoms with Crippen LogP contribution in [0.4, 0.5) is 0 Å². The summed E-state index contributed by atoms with van der Waals surface area (Å²) in [4.78, 5) is 28.5. The van der Waals surface area contributed by atoms with E-state index in [0.29, 0.717) is 31.1 Å². The van der Waals surface area contributed by atoms with Gasteiger partial charge in [0.1, 0.15) is 11.5 Å². The first-order chi connectivity index (χ1) is 20.5. The third-order valence-corrected chi connectivity index (χ3v) is 9.16. The number of aliphatic carboxylic acids is 1. The molecular weight excluding hydrogens is 530 g/mol. The SMILES string of the molecule is CCc1cccc(CC)c1CCCC(=O)CN1C[C@H](c2ccc3c(c2)OCO3)[C@@H](C(=O)O)[C@@H]1c1ccc2c(c1)OCC2. The summed E-state index contributed by atoms with van der Waals surface area (Å²) in [5, 5.41) is 10.6.